The lowest BCUT2D eigenvalue weighted by Crippen LogP contribution is -2.57. The highest BCUT2D eigenvalue weighted by molar-refractivity contribution is 5.88. The maximum atomic E-state index is 12.8. The van der Waals surface area contributed by atoms with Crippen molar-refractivity contribution in [2.75, 3.05) is 0 Å². The molecule has 2 saturated carbocycles. The van der Waals surface area contributed by atoms with Gasteiger partial charge in [0.2, 0.25) is 5.91 Å². The minimum atomic E-state index is -4.28. The minimum Gasteiger partial charge on any atom is -0.480 e. The van der Waals surface area contributed by atoms with E-state index in [0.717, 1.165) is 6.42 Å². The minimum absolute atomic E-state index is 0.0529. The lowest BCUT2D eigenvalue weighted by molar-refractivity contribution is -0.186. The van der Waals surface area contributed by atoms with Gasteiger partial charge in [0.25, 0.3) is 0 Å². The van der Waals surface area contributed by atoms with E-state index in [-0.39, 0.29) is 12.8 Å². The summed E-state index contributed by atoms with van der Waals surface area (Å²) < 4.78 is 38.4. The van der Waals surface area contributed by atoms with Crippen LogP contribution in [-0.2, 0) is 9.59 Å². The van der Waals surface area contributed by atoms with Crippen LogP contribution in [0.25, 0.3) is 0 Å². The van der Waals surface area contributed by atoms with Crippen LogP contribution in [0.3, 0.4) is 0 Å². The summed E-state index contributed by atoms with van der Waals surface area (Å²) in [5.74, 6) is -3.80. The third-order valence-corrected chi connectivity index (χ3v) is 4.99. The quantitative estimate of drug-likeness (QED) is 0.838. The van der Waals surface area contributed by atoms with Gasteiger partial charge in [0.05, 0.1) is 5.92 Å². The topological polar surface area (TPSA) is 66.4 Å². The van der Waals surface area contributed by atoms with Crippen LogP contribution in [0.1, 0.15) is 57.8 Å². The first-order chi connectivity index (χ1) is 10.2. The number of amides is 1. The van der Waals surface area contributed by atoms with Crippen LogP contribution >= 0.6 is 0 Å². The number of carbonyl (C=O) groups is 2. The normalized spacial score (nSPS) is 28.9. The Labute approximate surface area is 127 Å². The second kappa shape index (κ2) is 6.46. The Morgan fingerprint density at radius 3 is 2.23 bits per heavy atom. The molecule has 0 heterocycles. The van der Waals surface area contributed by atoms with Gasteiger partial charge >= 0.3 is 12.1 Å². The number of aliphatic carboxylic acids is 1. The first kappa shape index (κ1) is 17.1. The lowest BCUT2D eigenvalue weighted by Gasteiger charge is -2.37. The van der Waals surface area contributed by atoms with E-state index in [1.165, 1.54) is 0 Å². The zero-order chi connectivity index (χ0) is 16.4. The molecule has 7 heteroatoms. The fraction of sp³-hybridized carbons (Fsp3) is 0.867. The van der Waals surface area contributed by atoms with E-state index < -0.39 is 35.4 Å². The van der Waals surface area contributed by atoms with Crippen molar-refractivity contribution in [3.63, 3.8) is 0 Å². The van der Waals surface area contributed by atoms with Crippen molar-refractivity contribution in [1.82, 2.24) is 5.32 Å². The second-order valence-electron chi connectivity index (χ2n) is 6.54. The number of hydrogen-bond donors (Lipinski definition) is 2. The number of rotatable bonds is 3. The van der Waals surface area contributed by atoms with Crippen molar-refractivity contribution in [2.45, 2.75) is 69.5 Å². The molecule has 126 valence electrons. The Bertz CT molecular complexity index is 430. The molecule has 2 fully saturated rings. The Hall–Kier alpha value is -1.27. The number of alkyl halides is 3. The summed E-state index contributed by atoms with van der Waals surface area (Å²) in [5.41, 5.74) is -1.29. The van der Waals surface area contributed by atoms with Crippen molar-refractivity contribution in [2.24, 2.45) is 11.8 Å². The molecule has 2 atom stereocenters. The summed E-state index contributed by atoms with van der Waals surface area (Å²) in [6.45, 7) is 0. The molecule has 1 amide bonds. The SMILES string of the molecule is O=C(NC1(C(=O)O)CCCCC1)C1CCCC(C(F)(F)F)C1. The van der Waals surface area contributed by atoms with Crippen molar-refractivity contribution < 1.29 is 27.9 Å². The molecular weight excluding hydrogens is 299 g/mol. The monoisotopic (exact) mass is 321 g/mol. The molecular formula is C15H22F3NO3. The molecule has 22 heavy (non-hydrogen) atoms. The number of carbonyl (C=O) groups excluding carboxylic acids is 1. The van der Waals surface area contributed by atoms with E-state index in [4.69, 9.17) is 0 Å². The molecule has 0 aliphatic heterocycles. The number of hydrogen-bond acceptors (Lipinski definition) is 2. The maximum Gasteiger partial charge on any atom is 0.391 e. The highest BCUT2D eigenvalue weighted by atomic mass is 19.4. The Kier molecular flexibility index (Phi) is 5.02. The summed E-state index contributed by atoms with van der Waals surface area (Å²) >= 11 is 0. The van der Waals surface area contributed by atoms with Crippen molar-refractivity contribution in [3.8, 4) is 0 Å². The summed E-state index contributed by atoms with van der Waals surface area (Å²) in [5, 5.41) is 12.0. The summed E-state index contributed by atoms with van der Waals surface area (Å²) in [4.78, 5) is 23.8. The molecule has 4 nitrogen and oxygen atoms in total. The molecule has 2 aliphatic carbocycles. The van der Waals surface area contributed by atoms with Gasteiger partial charge in [-0.1, -0.05) is 25.7 Å². The van der Waals surface area contributed by atoms with Gasteiger partial charge in [0.15, 0.2) is 0 Å². The number of nitrogens with one attached hydrogen (secondary N) is 1. The fourth-order valence-electron chi connectivity index (χ4n) is 3.61. The van der Waals surface area contributed by atoms with E-state index in [9.17, 15) is 27.9 Å². The molecule has 0 aromatic heterocycles. The second-order valence-corrected chi connectivity index (χ2v) is 6.54. The Morgan fingerprint density at radius 2 is 1.68 bits per heavy atom. The molecule has 0 aromatic carbocycles. The third kappa shape index (κ3) is 3.73. The average molecular weight is 321 g/mol. The Morgan fingerprint density at radius 1 is 1.05 bits per heavy atom. The van der Waals surface area contributed by atoms with Crippen LogP contribution in [0.2, 0.25) is 0 Å². The van der Waals surface area contributed by atoms with Gasteiger partial charge in [-0.15, -0.1) is 0 Å². The van der Waals surface area contributed by atoms with Crippen LogP contribution in [-0.4, -0.2) is 28.7 Å². The molecule has 0 saturated heterocycles. The van der Waals surface area contributed by atoms with Crippen molar-refractivity contribution in [1.29, 1.82) is 0 Å². The van der Waals surface area contributed by atoms with Gasteiger partial charge in [-0.05, 0) is 32.1 Å². The largest absolute Gasteiger partial charge is 0.480 e. The smallest absolute Gasteiger partial charge is 0.391 e. The summed E-state index contributed by atoms with van der Waals surface area (Å²) in [7, 11) is 0. The zero-order valence-electron chi connectivity index (χ0n) is 12.4. The standard InChI is InChI=1S/C15H22F3NO3/c16-15(17,18)11-6-4-5-10(9-11)12(20)19-14(13(21)22)7-2-1-3-8-14/h10-11H,1-9H2,(H,19,20)(H,21,22). The first-order valence-electron chi connectivity index (χ1n) is 7.87. The highest BCUT2D eigenvalue weighted by Crippen LogP contribution is 2.40. The third-order valence-electron chi connectivity index (χ3n) is 4.99. The molecule has 2 rings (SSSR count). The van der Waals surface area contributed by atoms with Gasteiger partial charge < -0.3 is 10.4 Å². The van der Waals surface area contributed by atoms with Gasteiger partial charge in [-0.2, -0.15) is 13.2 Å². The molecule has 0 bridgehead atoms. The van der Waals surface area contributed by atoms with Gasteiger partial charge in [-0.3, -0.25) is 4.79 Å². The summed E-state index contributed by atoms with van der Waals surface area (Å²) in [6.07, 6.45) is -0.671. The van der Waals surface area contributed by atoms with Crippen LogP contribution in [0, 0.1) is 11.8 Å². The molecule has 0 spiro atoms. The fourth-order valence-corrected chi connectivity index (χ4v) is 3.61. The molecule has 0 aromatic rings. The van der Waals surface area contributed by atoms with Gasteiger partial charge in [-0.25, -0.2) is 4.79 Å². The van der Waals surface area contributed by atoms with Crippen molar-refractivity contribution >= 4 is 11.9 Å². The van der Waals surface area contributed by atoms with E-state index in [1.807, 2.05) is 0 Å². The zero-order valence-corrected chi connectivity index (χ0v) is 12.4. The van der Waals surface area contributed by atoms with E-state index in [1.54, 1.807) is 0 Å². The van der Waals surface area contributed by atoms with Crippen LogP contribution in [0.15, 0.2) is 0 Å². The van der Waals surface area contributed by atoms with Crippen LogP contribution in [0.4, 0.5) is 13.2 Å². The number of carboxylic acids is 1. The molecule has 0 radical (unpaired) electrons. The number of carboxylic acid groups (broad SMARTS) is 1. The first-order valence-corrected chi connectivity index (χ1v) is 7.87. The number of halogens is 3. The Balaban J connectivity index is 2.02. The maximum absolute atomic E-state index is 12.8. The summed E-state index contributed by atoms with van der Waals surface area (Å²) in [6, 6.07) is 0. The van der Waals surface area contributed by atoms with E-state index in [0.29, 0.717) is 38.5 Å². The van der Waals surface area contributed by atoms with Crippen LogP contribution < -0.4 is 5.32 Å². The predicted octanol–water partition coefficient (Wildman–Crippen LogP) is 3.26. The van der Waals surface area contributed by atoms with Gasteiger partial charge in [0, 0.05) is 5.92 Å². The lowest BCUT2D eigenvalue weighted by atomic mass is 9.78. The van der Waals surface area contributed by atoms with E-state index in [2.05, 4.69) is 5.32 Å². The molecule has 2 unspecified atom stereocenters. The highest BCUT2D eigenvalue weighted by Gasteiger charge is 2.46. The van der Waals surface area contributed by atoms with Crippen LogP contribution in [0.5, 0.6) is 0 Å². The average Bonchev–Trinajstić information content (AvgIpc) is 2.47. The molecule has 2 N–H and O–H groups in total. The van der Waals surface area contributed by atoms with E-state index >= 15 is 0 Å². The van der Waals surface area contributed by atoms with Gasteiger partial charge in [0.1, 0.15) is 5.54 Å². The van der Waals surface area contributed by atoms with Crippen molar-refractivity contribution in [3.05, 3.63) is 0 Å². The predicted molar refractivity (Wildman–Crippen MR) is 73.1 cm³/mol. The molecule has 2 aliphatic rings.